The number of fused-ring (bicyclic) bond motifs is 4. The second-order valence-electron chi connectivity index (χ2n) is 10.1. The number of aromatic nitrogens is 6. The number of anilines is 1. The summed E-state index contributed by atoms with van der Waals surface area (Å²) in [6, 6.07) is 14.0. The van der Waals surface area contributed by atoms with Gasteiger partial charge in [-0.05, 0) is 70.3 Å². The van der Waals surface area contributed by atoms with Crippen LogP contribution in [0.15, 0.2) is 75.1 Å². The number of nitrogens with two attached hydrogens (primary N) is 1. The van der Waals surface area contributed by atoms with Crippen LogP contribution >= 0.6 is 11.6 Å². The van der Waals surface area contributed by atoms with E-state index in [1.165, 1.54) is 11.0 Å². The van der Waals surface area contributed by atoms with E-state index in [9.17, 15) is 4.79 Å². The molecule has 3 aromatic heterocycles. The van der Waals surface area contributed by atoms with Crippen LogP contribution in [0.25, 0.3) is 33.4 Å². The van der Waals surface area contributed by atoms with Crippen molar-refractivity contribution in [3.05, 3.63) is 87.4 Å². The van der Waals surface area contributed by atoms with Gasteiger partial charge in [-0.1, -0.05) is 22.8 Å². The number of nitrogens with zero attached hydrogens (tertiary/aromatic N) is 7. The molecule has 1 aliphatic carbocycles. The SMILES string of the molecule is Nc1noc2cc(C3=C(F)N=C([C@@H]4[C@H]5C[C@H]5c5cc(-c6cc(Cl)ccc6-n6cnnn6)cc(=O)n54)C3)ccc12. The molecule has 5 heterocycles. The van der Waals surface area contributed by atoms with E-state index in [-0.39, 0.29) is 23.4 Å². The predicted molar refractivity (Wildman–Crippen MR) is 142 cm³/mol. The molecule has 192 valence electrons. The summed E-state index contributed by atoms with van der Waals surface area (Å²) in [4.78, 5) is 17.9. The number of hydrogen-bond donors (Lipinski definition) is 1. The standard InChI is InChI=1S/C27H18ClFN8O2/c28-14-2-4-21(36-11-31-34-35-36)16(8-14)13-5-22-18-9-19(18)25(37(22)24(38)7-13)20-10-17(26(29)32-20)12-1-3-15-23(6-12)39-33-27(15)30/h1-8,11,18-19,25H,9-10H2,(H2,30,33)/t18-,19+,25+/m1/s1. The molecule has 39 heavy (non-hydrogen) atoms. The van der Waals surface area contributed by atoms with Crippen LogP contribution in [0.3, 0.4) is 0 Å². The minimum atomic E-state index is -0.544. The van der Waals surface area contributed by atoms with Crippen molar-refractivity contribution in [2.75, 3.05) is 5.73 Å². The Morgan fingerprint density at radius 3 is 2.85 bits per heavy atom. The van der Waals surface area contributed by atoms with Crippen molar-refractivity contribution < 1.29 is 8.91 Å². The molecule has 2 aliphatic heterocycles. The zero-order valence-corrected chi connectivity index (χ0v) is 20.9. The lowest BCUT2D eigenvalue weighted by atomic mass is 9.97. The Balaban J connectivity index is 1.16. The molecule has 0 bridgehead atoms. The Bertz CT molecular complexity index is 1960. The Hall–Kier alpha value is -4.64. The summed E-state index contributed by atoms with van der Waals surface area (Å²) in [6.07, 6.45) is 2.72. The van der Waals surface area contributed by atoms with E-state index in [1.807, 2.05) is 12.1 Å². The van der Waals surface area contributed by atoms with Crippen LogP contribution < -0.4 is 11.3 Å². The van der Waals surface area contributed by atoms with Crippen LogP contribution in [0.5, 0.6) is 0 Å². The van der Waals surface area contributed by atoms with Crippen LogP contribution in [-0.4, -0.2) is 35.6 Å². The number of tetrazole rings is 1. The summed E-state index contributed by atoms with van der Waals surface area (Å²) < 4.78 is 23.8. The van der Waals surface area contributed by atoms with E-state index >= 15 is 4.39 Å². The number of rotatable bonds is 4. The Morgan fingerprint density at radius 2 is 2.00 bits per heavy atom. The van der Waals surface area contributed by atoms with Gasteiger partial charge in [0.15, 0.2) is 11.4 Å². The average molecular weight is 541 g/mol. The predicted octanol–water partition coefficient (Wildman–Crippen LogP) is 4.71. The van der Waals surface area contributed by atoms with Crippen LogP contribution in [0.2, 0.25) is 5.02 Å². The summed E-state index contributed by atoms with van der Waals surface area (Å²) in [7, 11) is 0. The minimum Gasteiger partial charge on any atom is -0.380 e. The molecule has 0 radical (unpaired) electrons. The number of allylic oxidation sites excluding steroid dienone is 1. The molecule has 0 saturated heterocycles. The highest BCUT2D eigenvalue weighted by Gasteiger charge is 2.55. The van der Waals surface area contributed by atoms with Gasteiger partial charge < -0.3 is 14.8 Å². The molecular weight excluding hydrogens is 523 g/mol. The van der Waals surface area contributed by atoms with Crippen molar-refractivity contribution in [2.45, 2.75) is 24.8 Å². The second-order valence-corrected chi connectivity index (χ2v) is 10.5. The van der Waals surface area contributed by atoms with E-state index in [0.717, 1.165) is 23.2 Å². The van der Waals surface area contributed by atoms with Crippen LogP contribution in [0.4, 0.5) is 10.2 Å². The first-order chi connectivity index (χ1) is 19.0. The van der Waals surface area contributed by atoms with Gasteiger partial charge in [0.25, 0.3) is 5.56 Å². The molecule has 5 aromatic rings. The summed E-state index contributed by atoms with van der Waals surface area (Å²) in [5.41, 5.74) is 11.0. The van der Waals surface area contributed by atoms with Crippen molar-refractivity contribution in [2.24, 2.45) is 10.9 Å². The maximum absolute atomic E-state index is 15.2. The number of pyridine rings is 1. The first-order valence-corrected chi connectivity index (χ1v) is 12.8. The van der Waals surface area contributed by atoms with Gasteiger partial charge in [-0.2, -0.15) is 9.07 Å². The third-order valence-electron chi connectivity index (χ3n) is 7.91. The Morgan fingerprint density at radius 1 is 1.10 bits per heavy atom. The smallest absolute Gasteiger partial charge is 0.251 e. The van der Waals surface area contributed by atoms with Crippen LogP contribution in [0, 0.1) is 5.92 Å². The third-order valence-corrected chi connectivity index (χ3v) is 8.14. The normalized spacial score (nSPS) is 21.4. The van der Waals surface area contributed by atoms with Crippen molar-refractivity contribution in [3.63, 3.8) is 0 Å². The van der Waals surface area contributed by atoms with E-state index < -0.39 is 5.95 Å². The molecule has 3 atom stereocenters. The molecule has 3 aliphatic rings. The highest BCUT2D eigenvalue weighted by Crippen LogP contribution is 2.60. The minimum absolute atomic E-state index is 0.169. The first-order valence-electron chi connectivity index (χ1n) is 12.4. The van der Waals surface area contributed by atoms with E-state index in [0.29, 0.717) is 50.8 Å². The number of benzene rings is 2. The largest absolute Gasteiger partial charge is 0.380 e. The molecule has 0 amide bonds. The van der Waals surface area contributed by atoms with Gasteiger partial charge in [-0.25, -0.2) is 4.99 Å². The molecule has 10 nitrogen and oxygen atoms in total. The van der Waals surface area contributed by atoms with E-state index in [2.05, 4.69) is 25.7 Å². The molecule has 0 spiro atoms. The number of halogens is 2. The maximum atomic E-state index is 15.2. The molecule has 1 fully saturated rings. The van der Waals surface area contributed by atoms with Crippen molar-refractivity contribution in [3.8, 4) is 16.8 Å². The van der Waals surface area contributed by atoms with E-state index in [4.69, 9.17) is 21.9 Å². The average Bonchev–Trinajstić information content (AvgIpc) is 3.30. The lowest BCUT2D eigenvalue weighted by Gasteiger charge is -2.20. The number of nitrogen functional groups attached to an aromatic ring is 1. The fourth-order valence-corrected chi connectivity index (χ4v) is 6.24. The van der Waals surface area contributed by atoms with Gasteiger partial charge in [-0.15, -0.1) is 5.10 Å². The second kappa shape index (κ2) is 7.93. The lowest BCUT2D eigenvalue weighted by Crippen LogP contribution is -2.29. The molecule has 8 rings (SSSR count). The van der Waals surface area contributed by atoms with Crippen molar-refractivity contribution in [1.29, 1.82) is 0 Å². The van der Waals surface area contributed by atoms with Gasteiger partial charge in [0.05, 0.1) is 17.1 Å². The maximum Gasteiger partial charge on any atom is 0.251 e. The van der Waals surface area contributed by atoms with Gasteiger partial charge in [0.2, 0.25) is 5.95 Å². The summed E-state index contributed by atoms with van der Waals surface area (Å²) in [6.45, 7) is 0. The summed E-state index contributed by atoms with van der Waals surface area (Å²) >= 11 is 6.33. The molecule has 2 N–H and O–H groups in total. The van der Waals surface area contributed by atoms with Gasteiger partial charge in [-0.3, -0.25) is 4.79 Å². The molecule has 0 unspecified atom stereocenters. The van der Waals surface area contributed by atoms with E-state index in [1.54, 1.807) is 41.0 Å². The quantitative estimate of drug-likeness (QED) is 0.327. The highest BCUT2D eigenvalue weighted by atomic mass is 35.5. The van der Waals surface area contributed by atoms with Crippen LogP contribution in [-0.2, 0) is 0 Å². The fourth-order valence-electron chi connectivity index (χ4n) is 6.07. The molecular formula is C27H18ClFN8O2. The summed E-state index contributed by atoms with van der Waals surface area (Å²) in [5.74, 6) is 0.158. The Kier molecular flexibility index (Phi) is 4.55. The fraction of sp³-hybridized carbons (Fsp3) is 0.185. The molecule has 1 saturated carbocycles. The van der Waals surface area contributed by atoms with Crippen LogP contribution in [0.1, 0.15) is 36.1 Å². The number of hydrogen-bond acceptors (Lipinski definition) is 8. The van der Waals surface area contributed by atoms with Crippen molar-refractivity contribution >= 4 is 39.7 Å². The monoisotopic (exact) mass is 540 g/mol. The summed E-state index contributed by atoms with van der Waals surface area (Å²) in [5, 5.41) is 16.4. The first kappa shape index (κ1) is 22.4. The lowest BCUT2D eigenvalue weighted by molar-refractivity contribution is 0.460. The van der Waals surface area contributed by atoms with Crippen molar-refractivity contribution in [1.82, 2.24) is 29.9 Å². The molecule has 12 heteroatoms. The molecule has 2 aromatic carbocycles. The van der Waals surface area contributed by atoms with Gasteiger partial charge >= 0.3 is 0 Å². The zero-order valence-electron chi connectivity index (χ0n) is 20.1. The highest BCUT2D eigenvalue weighted by molar-refractivity contribution is 6.31. The topological polar surface area (TPSA) is 130 Å². The van der Waals surface area contributed by atoms with Gasteiger partial charge in [0.1, 0.15) is 6.33 Å². The Labute approximate surface area is 224 Å². The van der Waals surface area contributed by atoms with Gasteiger partial charge in [0, 0.05) is 46.0 Å². The third kappa shape index (κ3) is 3.32. The zero-order chi connectivity index (χ0) is 26.4. The number of aliphatic imine (C=N–C) groups is 1.